The number of nitrogens with one attached hydrogen (secondary N) is 2. The Morgan fingerprint density at radius 2 is 2.05 bits per heavy atom. The van der Waals surface area contributed by atoms with Crippen molar-refractivity contribution >= 4 is 34.3 Å². The van der Waals surface area contributed by atoms with Gasteiger partial charge in [-0.3, -0.25) is 9.59 Å². The first-order valence-electron chi connectivity index (χ1n) is 6.06. The van der Waals surface area contributed by atoms with Gasteiger partial charge in [-0.1, -0.05) is 13.8 Å². The number of carbonyl (C=O) groups is 3. The summed E-state index contributed by atoms with van der Waals surface area (Å²) in [5.41, 5.74) is 0.0914. The van der Waals surface area contributed by atoms with Crippen LogP contribution < -0.4 is 10.6 Å². The van der Waals surface area contributed by atoms with Crippen LogP contribution in [0, 0.1) is 5.92 Å². The molecule has 0 saturated carbocycles. The van der Waals surface area contributed by atoms with Gasteiger partial charge in [0.1, 0.15) is 11.7 Å². The van der Waals surface area contributed by atoms with Crippen molar-refractivity contribution < 1.29 is 19.5 Å². The third-order valence-corrected chi connectivity index (χ3v) is 3.09. The standard InChI is InChI=1S/C12H17N3O4S/c1-6(2)4-8(11(18)19)14-10(17)9-5-20-12(15-9)13-7(3)16/h5-6,8H,4H2,1-3H3,(H,14,17)(H,18,19)(H,13,15,16)/t8-/m1/s1. The van der Waals surface area contributed by atoms with Crippen molar-refractivity contribution in [3.63, 3.8) is 0 Å². The molecule has 0 saturated heterocycles. The van der Waals surface area contributed by atoms with E-state index < -0.39 is 17.9 Å². The first-order valence-corrected chi connectivity index (χ1v) is 6.94. The summed E-state index contributed by atoms with van der Waals surface area (Å²) >= 11 is 1.10. The van der Waals surface area contributed by atoms with Gasteiger partial charge >= 0.3 is 5.97 Å². The smallest absolute Gasteiger partial charge is 0.326 e. The fourth-order valence-electron chi connectivity index (χ4n) is 1.51. The quantitative estimate of drug-likeness (QED) is 0.734. The number of carboxylic acid groups (broad SMARTS) is 1. The summed E-state index contributed by atoms with van der Waals surface area (Å²) in [7, 11) is 0. The van der Waals surface area contributed by atoms with Gasteiger partial charge < -0.3 is 15.7 Å². The summed E-state index contributed by atoms with van der Waals surface area (Å²) in [5.74, 6) is -1.79. The Morgan fingerprint density at radius 1 is 1.40 bits per heavy atom. The van der Waals surface area contributed by atoms with Crippen LogP contribution >= 0.6 is 11.3 Å². The lowest BCUT2D eigenvalue weighted by Crippen LogP contribution is -2.41. The lowest BCUT2D eigenvalue weighted by atomic mass is 10.0. The zero-order valence-corrected chi connectivity index (χ0v) is 12.3. The topological polar surface area (TPSA) is 108 Å². The van der Waals surface area contributed by atoms with Crippen molar-refractivity contribution in [2.24, 2.45) is 5.92 Å². The predicted molar refractivity (Wildman–Crippen MR) is 74.8 cm³/mol. The summed E-state index contributed by atoms with van der Waals surface area (Å²) in [6, 6.07) is -0.951. The minimum Gasteiger partial charge on any atom is -0.480 e. The van der Waals surface area contributed by atoms with E-state index in [1.807, 2.05) is 13.8 Å². The molecule has 0 aliphatic heterocycles. The number of rotatable bonds is 6. The summed E-state index contributed by atoms with van der Waals surface area (Å²) < 4.78 is 0. The Hall–Kier alpha value is -1.96. The highest BCUT2D eigenvalue weighted by Crippen LogP contribution is 2.15. The van der Waals surface area contributed by atoms with E-state index in [1.54, 1.807) is 0 Å². The Bertz CT molecular complexity index is 513. The number of hydrogen-bond donors (Lipinski definition) is 3. The molecule has 0 aliphatic carbocycles. The highest BCUT2D eigenvalue weighted by Gasteiger charge is 2.23. The molecule has 0 bridgehead atoms. The number of nitrogens with zero attached hydrogens (tertiary/aromatic N) is 1. The van der Waals surface area contributed by atoms with E-state index in [2.05, 4.69) is 15.6 Å². The first-order chi connectivity index (χ1) is 9.29. The van der Waals surface area contributed by atoms with Crippen molar-refractivity contribution in [2.75, 3.05) is 5.32 Å². The van der Waals surface area contributed by atoms with Crippen LogP contribution in [0.3, 0.4) is 0 Å². The van der Waals surface area contributed by atoms with Crippen LogP contribution in [0.25, 0.3) is 0 Å². The molecule has 0 radical (unpaired) electrons. The van der Waals surface area contributed by atoms with Crippen molar-refractivity contribution in [2.45, 2.75) is 33.2 Å². The van der Waals surface area contributed by atoms with Gasteiger partial charge in [-0.25, -0.2) is 9.78 Å². The van der Waals surface area contributed by atoms with Crippen LogP contribution in [0.1, 0.15) is 37.7 Å². The van der Waals surface area contributed by atoms with Crippen molar-refractivity contribution in [1.82, 2.24) is 10.3 Å². The van der Waals surface area contributed by atoms with Crippen LogP contribution in [0.5, 0.6) is 0 Å². The van der Waals surface area contributed by atoms with Gasteiger partial charge in [0, 0.05) is 12.3 Å². The van der Waals surface area contributed by atoms with Gasteiger partial charge in [0.2, 0.25) is 5.91 Å². The molecular weight excluding hydrogens is 282 g/mol. The molecule has 0 fully saturated rings. The molecule has 110 valence electrons. The maximum Gasteiger partial charge on any atom is 0.326 e. The third-order valence-electron chi connectivity index (χ3n) is 2.33. The number of amides is 2. The molecule has 8 heteroatoms. The van der Waals surface area contributed by atoms with E-state index >= 15 is 0 Å². The molecule has 1 rings (SSSR count). The van der Waals surface area contributed by atoms with E-state index in [0.29, 0.717) is 11.6 Å². The maximum atomic E-state index is 11.9. The van der Waals surface area contributed by atoms with Gasteiger partial charge in [-0.15, -0.1) is 11.3 Å². The van der Waals surface area contributed by atoms with E-state index in [9.17, 15) is 14.4 Å². The number of thiazole rings is 1. The zero-order valence-electron chi connectivity index (χ0n) is 11.5. The molecule has 1 heterocycles. The minimum atomic E-state index is -1.08. The predicted octanol–water partition coefficient (Wildman–Crippen LogP) is 1.33. The fourth-order valence-corrected chi connectivity index (χ4v) is 2.25. The lowest BCUT2D eigenvalue weighted by molar-refractivity contribution is -0.139. The van der Waals surface area contributed by atoms with Crippen molar-refractivity contribution in [3.8, 4) is 0 Å². The second kappa shape index (κ2) is 6.99. The summed E-state index contributed by atoms with van der Waals surface area (Å²) in [6.45, 7) is 5.09. The Kier molecular flexibility index (Phi) is 5.63. The average Bonchev–Trinajstić information content (AvgIpc) is 2.74. The van der Waals surface area contributed by atoms with Gasteiger partial charge in [-0.05, 0) is 12.3 Å². The molecule has 20 heavy (non-hydrogen) atoms. The monoisotopic (exact) mass is 299 g/mol. The second-order valence-electron chi connectivity index (χ2n) is 4.71. The molecule has 1 aromatic rings. The summed E-state index contributed by atoms with van der Waals surface area (Å²) in [6.07, 6.45) is 0.337. The van der Waals surface area contributed by atoms with Crippen LogP contribution in [0.2, 0.25) is 0 Å². The largest absolute Gasteiger partial charge is 0.480 e. The molecule has 3 N–H and O–H groups in total. The third kappa shape index (κ3) is 4.96. The zero-order chi connectivity index (χ0) is 15.3. The lowest BCUT2D eigenvalue weighted by Gasteiger charge is -2.15. The highest BCUT2D eigenvalue weighted by molar-refractivity contribution is 7.14. The first kappa shape index (κ1) is 16.1. The van der Waals surface area contributed by atoms with Crippen LogP contribution in [-0.4, -0.2) is 33.9 Å². The van der Waals surface area contributed by atoms with E-state index in [4.69, 9.17) is 5.11 Å². The molecule has 0 spiro atoms. The van der Waals surface area contributed by atoms with Crippen LogP contribution in [0.15, 0.2) is 5.38 Å². The van der Waals surface area contributed by atoms with Crippen LogP contribution in [-0.2, 0) is 9.59 Å². The van der Waals surface area contributed by atoms with E-state index in [0.717, 1.165) is 11.3 Å². The molecule has 0 aromatic carbocycles. The molecule has 0 aliphatic rings. The number of carboxylic acids is 1. The second-order valence-corrected chi connectivity index (χ2v) is 5.57. The number of anilines is 1. The number of aromatic nitrogens is 1. The summed E-state index contributed by atoms with van der Waals surface area (Å²) in [4.78, 5) is 37.7. The molecule has 1 aromatic heterocycles. The number of hydrogen-bond acceptors (Lipinski definition) is 5. The Labute approximate surface area is 120 Å². The molecule has 2 amide bonds. The average molecular weight is 299 g/mol. The number of aliphatic carboxylic acids is 1. The minimum absolute atomic E-state index is 0.0914. The molecular formula is C12H17N3O4S. The van der Waals surface area contributed by atoms with Gasteiger partial charge in [0.25, 0.3) is 5.91 Å². The molecule has 0 unspecified atom stereocenters. The van der Waals surface area contributed by atoms with E-state index in [1.165, 1.54) is 12.3 Å². The Balaban J connectivity index is 2.71. The normalized spacial score (nSPS) is 12.0. The summed E-state index contributed by atoms with van der Waals surface area (Å²) in [5, 5.41) is 15.7. The maximum absolute atomic E-state index is 11.9. The molecule has 1 atom stereocenters. The van der Waals surface area contributed by atoms with Crippen molar-refractivity contribution in [3.05, 3.63) is 11.1 Å². The highest BCUT2D eigenvalue weighted by atomic mass is 32.1. The van der Waals surface area contributed by atoms with Gasteiger partial charge in [0.15, 0.2) is 5.13 Å². The fraction of sp³-hybridized carbons (Fsp3) is 0.500. The number of carbonyl (C=O) groups excluding carboxylic acids is 2. The SMILES string of the molecule is CC(=O)Nc1nc(C(=O)N[C@H](CC(C)C)C(=O)O)cs1. The van der Waals surface area contributed by atoms with E-state index in [-0.39, 0.29) is 17.5 Å². The Morgan fingerprint density at radius 3 is 2.55 bits per heavy atom. The molecule has 7 nitrogen and oxygen atoms in total. The van der Waals surface area contributed by atoms with Gasteiger partial charge in [0.05, 0.1) is 0 Å². The van der Waals surface area contributed by atoms with Crippen LogP contribution in [0.4, 0.5) is 5.13 Å². The van der Waals surface area contributed by atoms with Crippen molar-refractivity contribution in [1.29, 1.82) is 0 Å². The van der Waals surface area contributed by atoms with Gasteiger partial charge in [-0.2, -0.15) is 0 Å².